The predicted octanol–water partition coefficient (Wildman–Crippen LogP) is 3.84. The Labute approximate surface area is 158 Å². The monoisotopic (exact) mass is 446 g/mol. The Morgan fingerprint density at radius 3 is 2.73 bits per heavy atom. The zero-order valence-electron chi connectivity index (χ0n) is 13.8. The van der Waals surface area contributed by atoms with E-state index in [9.17, 15) is 17.2 Å². The first-order valence-corrected chi connectivity index (χ1v) is 10.0. The first-order valence-electron chi connectivity index (χ1n) is 7.78. The topological polar surface area (TPSA) is 74.3 Å². The number of hydrogen-bond acceptors (Lipinski definition) is 4. The molecule has 0 aliphatic heterocycles. The molecule has 1 heterocycles. The maximum atomic E-state index is 13.6. The maximum Gasteiger partial charge on any atom is 0.387 e. The summed E-state index contributed by atoms with van der Waals surface area (Å²) >= 11 is 3.18. The second-order valence-corrected chi connectivity index (χ2v) is 9.07. The van der Waals surface area contributed by atoms with Crippen LogP contribution >= 0.6 is 15.9 Å². The third kappa shape index (κ3) is 2.87. The van der Waals surface area contributed by atoms with Gasteiger partial charge in [-0.25, -0.2) is 12.4 Å². The van der Waals surface area contributed by atoms with Crippen LogP contribution in [0.3, 0.4) is 0 Å². The van der Waals surface area contributed by atoms with Gasteiger partial charge in [-0.2, -0.15) is 8.78 Å². The Kier molecular flexibility index (Phi) is 4.98. The molecular weight excluding hydrogens is 430 g/mol. The molecule has 0 saturated carbocycles. The number of benzene rings is 1. The number of halogens is 3. The normalized spacial score (nSPS) is 21.0. The Bertz CT molecular complexity index is 1010. The molecule has 1 aliphatic rings. The molecule has 140 valence electrons. The van der Waals surface area contributed by atoms with Crippen molar-refractivity contribution in [2.75, 3.05) is 0 Å². The molecule has 0 radical (unpaired) electrons. The van der Waals surface area contributed by atoms with Gasteiger partial charge in [0.15, 0.2) is 0 Å². The van der Waals surface area contributed by atoms with Crippen LogP contribution in [-0.2, 0) is 21.3 Å². The van der Waals surface area contributed by atoms with Crippen molar-refractivity contribution >= 4 is 36.9 Å². The third-order valence-electron chi connectivity index (χ3n) is 4.43. The van der Waals surface area contributed by atoms with E-state index in [2.05, 4.69) is 20.7 Å². The number of nitrogens with zero attached hydrogens (tertiary/aromatic N) is 1. The summed E-state index contributed by atoms with van der Waals surface area (Å²) < 4.78 is 56.7. The van der Waals surface area contributed by atoms with E-state index < -0.39 is 21.4 Å². The summed E-state index contributed by atoms with van der Waals surface area (Å²) in [6.07, 6.45) is 2.95. The number of fused-ring (bicyclic) bond motifs is 1. The largest absolute Gasteiger partial charge is 0.434 e. The van der Waals surface area contributed by atoms with Gasteiger partial charge in [-0.1, -0.05) is 24.3 Å². The number of allylic oxidation sites excluding steroid dienone is 2. The molecule has 1 aromatic carbocycles. The highest BCUT2D eigenvalue weighted by Gasteiger charge is 2.46. The van der Waals surface area contributed by atoms with E-state index in [1.54, 1.807) is 30.3 Å². The van der Waals surface area contributed by atoms with Crippen molar-refractivity contribution < 1.29 is 21.9 Å². The predicted molar refractivity (Wildman–Crippen MR) is 99.4 cm³/mol. The Morgan fingerprint density at radius 1 is 1.38 bits per heavy atom. The third-order valence-corrected chi connectivity index (χ3v) is 8.38. The molecule has 2 aromatic rings. The summed E-state index contributed by atoms with van der Waals surface area (Å²) in [4.78, 5) is 0. The van der Waals surface area contributed by atoms with E-state index in [1.807, 2.05) is 0 Å². The van der Waals surface area contributed by atoms with E-state index in [0.29, 0.717) is 11.2 Å². The van der Waals surface area contributed by atoms with Crippen LogP contribution in [0.15, 0.2) is 52.7 Å². The zero-order chi connectivity index (χ0) is 19.1. The summed E-state index contributed by atoms with van der Waals surface area (Å²) in [5.41, 5.74) is 6.67. The zero-order valence-corrected chi connectivity index (χ0v) is 16.2. The minimum atomic E-state index is -4.05. The number of hydrogen-bond donors (Lipinski definition) is 1. The van der Waals surface area contributed by atoms with Crippen LogP contribution in [0.25, 0.3) is 10.9 Å². The summed E-state index contributed by atoms with van der Waals surface area (Å²) in [6, 6.07) is 8.72. The average Bonchev–Trinajstić information content (AvgIpc) is 2.97. The lowest BCUT2D eigenvalue weighted by molar-refractivity contribution is -0.0928. The number of para-hydroxylation sites is 1. The average molecular weight is 447 g/mol. The minimum absolute atomic E-state index is 0.0154. The number of rotatable bonds is 5. The second-order valence-electron chi connectivity index (χ2n) is 6.06. The SMILES string of the molecule is CC1(S(=O)(=O)n2c(CN)cc3ccccc32)CC=CC(OC(F)F)=C1Br. The smallest absolute Gasteiger partial charge is 0.387 e. The standard InChI is InChI=1S/C17H17BrF2N2O3S/c1-17(8-4-7-14(15(17)18)25-16(19)20)26(23,24)22-12(10-21)9-11-5-2-3-6-13(11)22/h2-7,9,16H,8,10,21H2,1H3. The Balaban J connectivity index is 2.23. The summed E-state index contributed by atoms with van der Waals surface area (Å²) in [5.74, 6) is -0.205. The molecule has 1 aliphatic carbocycles. The van der Waals surface area contributed by atoms with Gasteiger partial charge in [0.1, 0.15) is 10.5 Å². The van der Waals surface area contributed by atoms with E-state index in [0.717, 1.165) is 5.39 Å². The molecule has 26 heavy (non-hydrogen) atoms. The van der Waals surface area contributed by atoms with Crippen LogP contribution < -0.4 is 5.73 Å². The van der Waals surface area contributed by atoms with E-state index >= 15 is 0 Å². The summed E-state index contributed by atoms with van der Waals surface area (Å²) in [5, 5.41) is 0.732. The van der Waals surface area contributed by atoms with Gasteiger partial charge in [0.05, 0.1) is 10.00 Å². The molecule has 0 amide bonds. The van der Waals surface area contributed by atoms with Crippen LogP contribution in [0.2, 0.25) is 0 Å². The number of ether oxygens (including phenoxy) is 1. The lowest BCUT2D eigenvalue weighted by Crippen LogP contribution is -2.42. The van der Waals surface area contributed by atoms with Gasteiger partial charge in [-0.15, -0.1) is 0 Å². The first kappa shape index (κ1) is 19.1. The van der Waals surface area contributed by atoms with Gasteiger partial charge in [-0.05, 0) is 47.5 Å². The molecule has 1 atom stereocenters. The number of aromatic nitrogens is 1. The molecule has 1 unspecified atom stereocenters. The highest BCUT2D eigenvalue weighted by Crippen LogP contribution is 2.43. The van der Waals surface area contributed by atoms with E-state index in [-0.39, 0.29) is 23.2 Å². The molecular formula is C17H17BrF2N2O3S. The van der Waals surface area contributed by atoms with Crippen molar-refractivity contribution in [1.29, 1.82) is 0 Å². The van der Waals surface area contributed by atoms with E-state index in [4.69, 9.17) is 5.73 Å². The second kappa shape index (κ2) is 6.79. The van der Waals surface area contributed by atoms with Crippen LogP contribution in [0.1, 0.15) is 19.0 Å². The van der Waals surface area contributed by atoms with Gasteiger partial charge in [0.2, 0.25) is 10.0 Å². The number of alkyl halides is 2. The molecule has 0 spiro atoms. The highest BCUT2D eigenvalue weighted by molar-refractivity contribution is 9.12. The van der Waals surface area contributed by atoms with E-state index in [1.165, 1.54) is 23.0 Å². The Hall–Kier alpha value is -1.71. The maximum absolute atomic E-state index is 13.6. The fourth-order valence-electron chi connectivity index (χ4n) is 3.03. The van der Waals surface area contributed by atoms with Crippen LogP contribution in [-0.4, -0.2) is 23.7 Å². The molecule has 0 saturated heterocycles. The summed E-state index contributed by atoms with van der Waals surface area (Å²) in [6.45, 7) is -1.57. The summed E-state index contributed by atoms with van der Waals surface area (Å²) in [7, 11) is -4.05. The van der Waals surface area contributed by atoms with Crippen LogP contribution in [0, 0.1) is 0 Å². The quantitative estimate of drug-likeness (QED) is 0.756. The van der Waals surface area contributed by atoms with Crippen molar-refractivity contribution in [1.82, 2.24) is 3.97 Å². The Morgan fingerprint density at radius 2 is 2.08 bits per heavy atom. The molecule has 3 rings (SSSR count). The molecule has 2 N–H and O–H groups in total. The highest BCUT2D eigenvalue weighted by atomic mass is 79.9. The van der Waals surface area contributed by atoms with Crippen molar-refractivity contribution in [2.24, 2.45) is 5.73 Å². The minimum Gasteiger partial charge on any atom is -0.434 e. The van der Waals surface area contributed by atoms with Gasteiger partial charge in [-0.3, -0.25) is 0 Å². The molecule has 0 fully saturated rings. The van der Waals surface area contributed by atoms with Crippen molar-refractivity contribution in [3.63, 3.8) is 0 Å². The van der Waals surface area contributed by atoms with Gasteiger partial charge in [0.25, 0.3) is 0 Å². The first-order chi connectivity index (χ1) is 12.2. The van der Waals surface area contributed by atoms with Gasteiger partial charge in [0, 0.05) is 17.6 Å². The molecule has 9 heteroatoms. The number of nitrogens with two attached hydrogens (primary N) is 1. The lowest BCUT2D eigenvalue weighted by atomic mass is 10.0. The van der Waals surface area contributed by atoms with Crippen molar-refractivity contribution in [3.05, 3.63) is 58.4 Å². The van der Waals surface area contributed by atoms with Gasteiger partial charge >= 0.3 is 6.61 Å². The molecule has 0 bridgehead atoms. The van der Waals surface area contributed by atoms with Crippen molar-refractivity contribution in [3.8, 4) is 0 Å². The molecule has 5 nitrogen and oxygen atoms in total. The van der Waals surface area contributed by atoms with Crippen molar-refractivity contribution in [2.45, 2.75) is 31.2 Å². The van der Waals surface area contributed by atoms with Crippen LogP contribution in [0.5, 0.6) is 0 Å². The fourth-order valence-corrected chi connectivity index (χ4v) is 5.93. The van der Waals surface area contributed by atoms with Gasteiger partial charge < -0.3 is 10.5 Å². The van der Waals surface area contributed by atoms with Crippen LogP contribution in [0.4, 0.5) is 8.78 Å². The fraction of sp³-hybridized carbons (Fsp3) is 0.294. The molecule has 1 aromatic heterocycles. The lowest BCUT2D eigenvalue weighted by Gasteiger charge is -2.32.